The molecule has 3 nitrogen and oxygen atoms in total. The zero-order valence-corrected chi connectivity index (χ0v) is 10.7. The molecular weight excluding hydrogens is 280 g/mol. The Labute approximate surface area is 108 Å². The van der Waals surface area contributed by atoms with Gasteiger partial charge < -0.3 is 4.74 Å². The molecule has 0 saturated carbocycles. The Morgan fingerprint density at radius 1 is 1.35 bits per heavy atom. The van der Waals surface area contributed by atoms with Crippen LogP contribution in [-0.4, -0.2) is 12.1 Å². The number of halogens is 1. The van der Waals surface area contributed by atoms with Crippen LogP contribution < -0.4 is 4.74 Å². The first-order valence-electron chi connectivity index (χ1n) is 4.94. The summed E-state index contributed by atoms with van der Waals surface area (Å²) < 4.78 is 6.03. The summed E-state index contributed by atoms with van der Waals surface area (Å²) in [6, 6.07) is 11.6. The summed E-state index contributed by atoms with van der Waals surface area (Å²) in [4.78, 5) is 4.27. The molecule has 0 aliphatic carbocycles. The average Bonchev–Trinajstić information content (AvgIpc) is 2.38. The molecule has 0 N–H and O–H groups in total. The fourth-order valence-corrected chi connectivity index (χ4v) is 1.90. The highest BCUT2D eigenvalue weighted by Crippen LogP contribution is 2.25. The molecule has 17 heavy (non-hydrogen) atoms. The minimum atomic E-state index is 0.484. The molecule has 0 aliphatic rings. The van der Waals surface area contributed by atoms with Crippen molar-refractivity contribution in [2.75, 3.05) is 7.11 Å². The molecule has 0 spiro atoms. The number of aromatic nitrogens is 1. The number of benzene rings is 1. The number of nitrogens with zero attached hydrogens (tertiary/aromatic N) is 2. The van der Waals surface area contributed by atoms with E-state index < -0.39 is 0 Å². The molecule has 0 unspecified atom stereocenters. The Kier molecular flexibility index (Phi) is 3.40. The van der Waals surface area contributed by atoms with Crippen molar-refractivity contribution in [3.8, 4) is 23.1 Å². The molecule has 2 rings (SSSR count). The normalized spacial score (nSPS) is 9.71. The van der Waals surface area contributed by atoms with Crippen molar-refractivity contribution < 1.29 is 4.74 Å². The van der Waals surface area contributed by atoms with Crippen molar-refractivity contribution in [2.24, 2.45) is 0 Å². The van der Waals surface area contributed by atoms with Gasteiger partial charge in [0, 0.05) is 10.0 Å². The van der Waals surface area contributed by atoms with E-state index in [1.807, 2.05) is 24.3 Å². The summed E-state index contributed by atoms with van der Waals surface area (Å²) >= 11 is 3.41. The highest BCUT2D eigenvalue weighted by molar-refractivity contribution is 9.10. The Hall–Kier alpha value is -1.86. The van der Waals surface area contributed by atoms with E-state index in [0.29, 0.717) is 11.3 Å². The molecule has 2 aromatic rings. The molecule has 1 aromatic carbocycles. The van der Waals surface area contributed by atoms with E-state index in [4.69, 9.17) is 10.00 Å². The zero-order chi connectivity index (χ0) is 12.3. The van der Waals surface area contributed by atoms with Gasteiger partial charge in [-0.15, -0.1) is 0 Å². The van der Waals surface area contributed by atoms with E-state index in [9.17, 15) is 0 Å². The summed E-state index contributed by atoms with van der Waals surface area (Å²) in [5.74, 6) is 0.492. The van der Waals surface area contributed by atoms with E-state index in [2.05, 4.69) is 27.0 Å². The topological polar surface area (TPSA) is 45.9 Å². The maximum Gasteiger partial charge on any atom is 0.154 e. The third-order valence-electron chi connectivity index (χ3n) is 2.33. The van der Waals surface area contributed by atoms with Crippen molar-refractivity contribution in [3.63, 3.8) is 0 Å². The Morgan fingerprint density at radius 2 is 2.18 bits per heavy atom. The fourth-order valence-electron chi connectivity index (χ4n) is 1.50. The molecule has 4 heteroatoms. The Morgan fingerprint density at radius 3 is 2.82 bits per heavy atom. The van der Waals surface area contributed by atoms with E-state index in [-0.39, 0.29) is 0 Å². The summed E-state index contributed by atoms with van der Waals surface area (Å²) in [7, 11) is 1.52. The largest absolute Gasteiger partial charge is 0.494 e. The second kappa shape index (κ2) is 4.98. The third-order valence-corrected chi connectivity index (χ3v) is 2.82. The molecule has 0 radical (unpaired) electrons. The van der Waals surface area contributed by atoms with Crippen LogP contribution in [0.25, 0.3) is 11.3 Å². The van der Waals surface area contributed by atoms with Crippen molar-refractivity contribution in [3.05, 3.63) is 46.6 Å². The van der Waals surface area contributed by atoms with Crippen molar-refractivity contribution in [2.45, 2.75) is 0 Å². The molecule has 0 aliphatic heterocycles. The summed E-state index contributed by atoms with van der Waals surface area (Å²) in [6.07, 6.45) is 1.56. The summed E-state index contributed by atoms with van der Waals surface area (Å²) in [5.41, 5.74) is 2.19. The summed E-state index contributed by atoms with van der Waals surface area (Å²) in [6.45, 7) is 0. The fraction of sp³-hybridized carbons (Fsp3) is 0.0769. The van der Waals surface area contributed by atoms with Crippen LogP contribution in [0.3, 0.4) is 0 Å². The standard InChI is InChI=1S/C13H9BrN2O/c1-17-13-8-16-12(6-10(13)7-15)9-3-2-4-11(14)5-9/h2-6,8H,1H3. The van der Waals surface area contributed by atoms with Crippen molar-refractivity contribution >= 4 is 15.9 Å². The smallest absolute Gasteiger partial charge is 0.154 e. The lowest BCUT2D eigenvalue weighted by Gasteiger charge is -2.05. The first-order valence-corrected chi connectivity index (χ1v) is 5.74. The van der Waals surface area contributed by atoms with Crippen molar-refractivity contribution in [1.29, 1.82) is 5.26 Å². The highest BCUT2D eigenvalue weighted by Gasteiger charge is 2.06. The lowest BCUT2D eigenvalue weighted by atomic mass is 10.1. The van der Waals surface area contributed by atoms with Crippen LogP contribution >= 0.6 is 15.9 Å². The number of hydrogen-bond donors (Lipinski definition) is 0. The van der Waals surface area contributed by atoms with E-state index in [0.717, 1.165) is 15.7 Å². The molecular formula is C13H9BrN2O. The number of pyridine rings is 1. The van der Waals surface area contributed by atoms with Crippen LogP contribution in [0, 0.1) is 11.3 Å². The molecule has 0 fully saturated rings. The second-order valence-electron chi connectivity index (χ2n) is 3.39. The molecule has 1 aromatic heterocycles. The minimum absolute atomic E-state index is 0.484. The maximum atomic E-state index is 9.01. The van der Waals surface area contributed by atoms with E-state index in [1.165, 1.54) is 7.11 Å². The quantitative estimate of drug-likeness (QED) is 0.851. The number of ether oxygens (including phenoxy) is 1. The SMILES string of the molecule is COc1cnc(-c2cccc(Br)c2)cc1C#N. The predicted octanol–water partition coefficient (Wildman–Crippen LogP) is 3.39. The van der Waals surface area contributed by atoms with Gasteiger partial charge in [-0.1, -0.05) is 28.1 Å². The minimum Gasteiger partial charge on any atom is -0.494 e. The van der Waals surface area contributed by atoms with Crippen LogP contribution in [0.1, 0.15) is 5.56 Å². The van der Waals surface area contributed by atoms with Gasteiger partial charge in [0.1, 0.15) is 6.07 Å². The first-order chi connectivity index (χ1) is 8.24. The van der Waals surface area contributed by atoms with Gasteiger partial charge in [-0.25, -0.2) is 0 Å². The van der Waals surface area contributed by atoms with Gasteiger partial charge in [0.05, 0.1) is 24.6 Å². The maximum absolute atomic E-state index is 9.01. The van der Waals surface area contributed by atoms with Gasteiger partial charge in [0.2, 0.25) is 0 Å². The van der Waals surface area contributed by atoms with Crippen LogP contribution in [0.2, 0.25) is 0 Å². The van der Waals surface area contributed by atoms with Gasteiger partial charge in [-0.05, 0) is 18.2 Å². The number of rotatable bonds is 2. The first kappa shape index (κ1) is 11.6. The van der Waals surface area contributed by atoms with Crippen LogP contribution in [0.5, 0.6) is 5.75 Å². The molecule has 0 bridgehead atoms. The van der Waals surface area contributed by atoms with Crippen molar-refractivity contribution in [1.82, 2.24) is 4.98 Å². The molecule has 0 saturated heterocycles. The molecule has 0 amide bonds. The van der Waals surface area contributed by atoms with Crippen LogP contribution in [0.4, 0.5) is 0 Å². The highest BCUT2D eigenvalue weighted by atomic mass is 79.9. The van der Waals surface area contributed by atoms with Gasteiger partial charge in [0.15, 0.2) is 5.75 Å². The molecule has 0 atom stereocenters. The van der Waals surface area contributed by atoms with Crippen LogP contribution in [0.15, 0.2) is 41.0 Å². The monoisotopic (exact) mass is 288 g/mol. The van der Waals surface area contributed by atoms with Gasteiger partial charge in [-0.2, -0.15) is 5.26 Å². The second-order valence-corrected chi connectivity index (χ2v) is 4.31. The van der Waals surface area contributed by atoms with Crippen LogP contribution in [-0.2, 0) is 0 Å². The molecule has 1 heterocycles. The van der Waals surface area contributed by atoms with Gasteiger partial charge >= 0.3 is 0 Å². The van der Waals surface area contributed by atoms with E-state index >= 15 is 0 Å². The summed E-state index contributed by atoms with van der Waals surface area (Å²) in [5, 5.41) is 9.01. The van der Waals surface area contributed by atoms with E-state index in [1.54, 1.807) is 12.3 Å². The lowest BCUT2D eigenvalue weighted by Crippen LogP contribution is -1.91. The Balaban J connectivity index is 2.51. The Bertz CT molecular complexity index is 590. The number of nitriles is 1. The molecule has 84 valence electrons. The van der Waals surface area contributed by atoms with Gasteiger partial charge in [0.25, 0.3) is 0 Å². The number of methoxy groups -OCH3 is 1. The van der Waals surface area contributed by atoms with Gasteiger partial charge in [-0.3, -0.25) is 4.98 Å². The average molecular weight is 289 g/mol. The zero-order valence-electron chi connectivity index (χ0n) is 9.14. The number of hydrogen-bond acceptors (Lipinski definition) is 3. The third kappa shape index (κ3) is 2.45. The predicted molar refractivity (Wildman–Crippen MR) is 68.6 cm³/mol. The lowest BCUT2D eigenvalue weighted by molar-refractivity contribution is 0.411.